The first-order valence-corrected chi connectivity index (χ1v) is 6.92. The summed E-state index contributed by atoms with van der Waals surface area (Å²) in [4.78, 5) is 24.5. The zero-order chi connectivity index (χ0) is 14.0. The summed E-state index contributed by atoms with van der Waals surface area (Å²) in [5, 5.41) is 17.6. The second kappa shape index (κ2) is 5.81. The predicted octanol–water partition coefficient (Wildman–Crippen LogP) is 0.503. The van der Waals surface area contributed by atoms with Crippen LogP contribution in [-0.4, -0.2) is 45.7 Å². The first-order valence-electron chi connectivity index (χ1n) is 6.04. The Labute approximate surface area is 114 Å². The van der Waals surface area contributed by atoms with E-state index in [0.717, 1.165) is 17.7 Å². The summed E-state index contributed by atoms with van der Waals surface area (Å²) in [6, 6.07) is 0. The van der Waals surface area contributed by atoms with Gasteiger partial charge in [0.2, 0.25) is 11.8 Å². The van der Waals surface area contributed by atoms with Gasteiger partial charge < -0.3 is 20.7 Å². The van der Waals surface area contributed by atoms with Crippen molar-refractivity contribution in [3.8, 4) is 0 Å². The highest BCUT2D eigenvalue weighted by Crippen LogP contribution is 2.50. The lowest BCUT2D eigenvalue weighted by atomic mass is 10.00. The Hall–Kier alpha value is -1.25. The third kappa shape index (κ3) is 2.56. The number of nitrogens with two attached hydrogens (primary N) is 1. The summed E-state index contributed by atoms with van der Waals surface area (Å²) in [5.74, 6) is -0.649. The van der Waals surface area contributed by atoms with Gasteiger partial charge in [-0.2, -0.15) is 0 Å². The fraction of sp³-hybridized carbons (Fsp3) is 0.636. The molecule has 0 unspecified atom stereocenters. The molecule has 2 rings (SSSR count). The monoisotopic (exact) mass is 288 g/mol. The van der Waals surface area contributed by atoms with Crippen LogP contribution in [-0.2, 0) is 9.53 Å². The van der Waals surface area contributed by atoms with Crippen LogP contribution >= 0.6 is 11.8 Å². The Bertz CT molecular complexity index is 425. The van der Waals surface area contributed by atoms with Crippen LogP contribution in [0.4, 0.5) is 4.79 Å². The van der Waals surface area contributed by atoms with Crippen LogP contribution < -0.4 is 5.73 Å². The maximum atomic E-state index is 11.8. The van der Waals surface area contributed by atoms with E-state index in [2.05, 4.69) is 0 Å². The highest BCUT2D eigenvalue weighted by Gasteiger charge is 2.55. The number of fused-ring (bicyclic) bond motifs is 1. The largest absolute Gasteiger partial charge is 0.512 e. The number of nitrogens with zero attached hydrogens (tertiary/aromatic N) is 1. The van der Waals surface area contributed by atoms with E-state index >= 15 is 0 Å². The van der Waals surface area contributed by atoms with E-state index in [-0.39, 0.29) is 23.8 Å². The number of aliphatic hydroxyl groups is 1. The molecule has 0 bridgehead atoms. The lowest BCUT2D eigenvalue weighted by molar-refractivity contribution is -0.151. The molecule has 2 aliphatic rings. The molecule has 0 spiro atoms. The molecule has 2 aliphatic heterocycles. The average Bonchev–Trinajstić information content (AvgIpc) is 2.64. The van der Waals surface area contributed by atoms with Crippen molar-refractivity contribution in [3.05, 3.63) is 10.8 Å². The van der Waals surface area contributed by atoms with Gasteiger partial charge in [-0.25, -0.2) is 4.79 Å². The predicted molar refractivity (Wildman–Crippen MR) is 67.8 cm³/mol. The number of hydrogen-bond donors (Lipinski definition) is 3. The van der Waals surface area contributed by atoms with Gasteiger partial charge in [-0.1, -0.05) is 11.8 Å². The summed E-state index contributed by atoms with van der Waals surface area (Å²) < 4.78 is 4.72. The van der Waals surface area contributed by atoms with E-state index < -0.39 is 12.1 Å². The van der Waals surface area contributed by atoms with Crippen molar-refractivity contribution in [3.63, 3.8) is 0 Å². The maximum absolute atomic E-state index is 11.8. The molecule has 1 amide bonds. The number of rotatable bonds is 6. The van der Waals surface area contributed by atoms with E-state index in [4.69, 9.17) is 20.7 Å². The second-order valence-electron chi connectivity index (χ2n) is 4.35. The van der Waals surface area contributed by atoms with Crippen LogP contribution in [0.5, 0.6) is 0 Å². The first kappa shape index (κ1) is 14.2. The maximum Gasteiger partial charge on any atom is 0.512 e. The number of carbonyl (C=O) groups excluding carboxylic acids is 1. The Balaban J connectivity index is 2.10. The number of hydrogen-bond acceptors (Lipinski definition) is 6. The molecule has 0 saturated carbocycles. The minimum absolute atomic E-state index is 0.106. The molecular formula is C11H16N2O5S. The topological polar surface area (TPSA) is 113 Å². The Morgan fingerprint density at radius 1 is 1.47 bits per heavy atom. The van der Waals surface area contributed by atoms with Crippen LogP contribution in [0.3, 0.4) is 0 Å². The molecule has 2 heterocycles. The van der Waals surface area contributed by atoms with Gasteiger partial charge in [-0.3, -0.25) is 9.69 Å². The molecule has 2 atom stereocenters. The molecule has 8 heteroatoms. The lowest BCUT2D eigenvalue weighted by Crippen LogP contribution is -2.58. The van der Waals surface area contributed by atoms with Crippen molar-refractivity contribution in [2.45, 2.75) is 24.6 Å². The first-order chi connectivity index (χ1) is 9.10. The zero-order valence-electron chi connectivity index (χ0n) is 10.2. The van der Waals surface area contributed by atoms with Crippen LogP contribution in [0.1, 0.15) is 19.3 Å². The van der Waals surface area contributed by atoms with Crippen LogP contribution in [0, 0.1) is 5.92 Å². The molecule has 7 nitrogen and oxygen atoms in total. The third-order valence-corrected chi connectivity index (χ3v) is 4.56. The molecule has 0 aromatic carbocycles. The van der Waals surface area contributed by atoms with E-state index in [9.17, 15) is 9.59 Å². The lowest BCUT2D eigenvalue weighted by Gasteiger charge is -2.40. The van der Waals surface area contributed by atoms with Crippen molar-refractivity contribution in [2.75, 3.05) is 13.2 Å². The van der Waals surface area contributed by atoms with Crippen molar-refractivity contribution in [1.82, 2.24) is 4.90 Å². The van der Waals surface area contributed by atoms with Gasteiger partial charge in [0.15, 0.2) is 0 Å². The minimum atomic E-state index is -1.44. The highest BCUT2D eigenvalue weighted by atomic mass is 32.2. The van der Waals surface area contributed by atoms with Gasteiger partial charge in [-0.15, -0.1) is 0 Å². The SMILES string of the molecule is NCCCCC1=C(OC(=O)O)N2C(=O)[C@H](CO)[C@@H]2S1. The van der Waals surface area contributed by atoms with Gasteiger partial charge in [-0.05, 0) is 25.8 Å². The number of ether oxygens (including phenoxy) is 1. The molecular weight excluding hydrogens is 272 g/mol. The number of amides is 1. The second-order valence-corrected chi connectivity index (χ2v) is 5.56. The number of β-lactam (4-membered cyclic amide) rings is 1. The van der Waals surface area contributed by atoms with Gasteiger partial charge in [0.1, 0.15) is 5.37 Å². The molecule has 1 fully saturated rings. The normalized spacial score (nSPS) is 25.4. The Morgan fingerprint density at radius 3 is 2.79 bits per heavy atom. The van der Waals surface area contributed by atoms with Gasteiger partial charge >= 0.3 is 6.16 Å². The van der Waals surface area contributed by atoms with Crippen molar-refractivity contribution >= 4 is 23.8 Å². The summed E-state index contributed by atoms with van der Waals surface area (Å²) in [7, 11) is 0. The van der Waals surface area contributed by atoms with Crippen molar-refractivity contribution in [2.24, 2.45) is 11.7 Å². The van der Waals surface area contributed by atoms with E-state index in [0.29, 0.717) is 13.0 Å². The smallest absolute Gasteiger partial charge is 0.449 e. The number of allylic oxidation sites excluding steroid dienone is 1. The third-order valence-electron chi connectivity index (χ3n) is 3.11. The molecule has 1 saturated heterocycles. The fourth-order valence-electron chi connectivity index (χ4n) is 2.16. The highest BCUT2D eigenvalue weighted by molar-refractivity contribution is 8.04. The minimum Gasteiger partial charge on any atom is -0.449 e. The number of unbranched alkanes of at least 4 members (excludes halogenated alkanes) is 1. The van der Waals surface area contributed by atoms with Gasteiger partial charge in [0.05, 0.1) is 12.5 Å². The number of aliphatic hydroxyl groups excluding tert-OH is 1. The van der Waals surface area contributed by atoms with Crippen LogP contribution in [0.2, 0.25) is 0 Å². The molecule has 4 N–H and O–H groups in total. The Kier molecular flexibility index (Phi) is 4.33. The molecule has 0 radical (unpaired) electrons. The fourth-order valence-corrected chi connectivity index (χ4v) is 3.62. The summed E-state index contributed by atoms with van der Waals surface area (Å²) in [6.07, 6.45) is 0.826. The van der Waals surface area contributed by atoms with Crippen molar-refractivity contribution in [1.29, 1.82) is 0 Å². The summed E-state index contributed by atoms with van der Waals surface area (Å²) in [5.41, 5.74) is 5.42. The average molecular weight is 288 g/mol. The molecule has 0 aromatic heterocycles. The van der Waals surface area contributed by atoms with Gasteiger partial charge in [0, 0.05) is 4.91 Å². The standard InChI is InChI=1S/C11H16N2O5S/c12-4-2-1-3-7-9(18-11(16)17)13-8(15)6(5-14)10(13)19-7/h6,10,14H,1-5,12H2,(H,16,17)/t6-,10-/m0/s1. The van der Waals surface area contributed by atoms with Crippen molar-refractivity contribution < 1.29 is 24.5 Å². The quantitative estimate of drug-likeness (QED) is 0.370. The van der Waals surface area contributed by atoms with E-state index in [1.807, 2.05) is 0 Å². The summed E-state index contributed by atoms with van der Waals surface area (Å²) >= 11 is 1.39. The van der Waals surface area contributed by atoms with E-state index in [1.165, 1.54) is 16.7 Å². The molecule has 106 valence electrons. The molecule has 0 aromatic rings. The van der Waals surface area contributed by atoms with Crippen LogP contribution in [0.25, 0.3) is 0 Å². The number of thioether (sulfide) groups is 1. The molecule has 19 heavy (non-hydrogen) atoms. The summed E-state index contributed by atoms with van der Waals surface area (Å²) in [6.45, 7) is 0.335. The zero-order valence-corrected chi connectivity index (χ0v) is 11.1. The molecule has 0 aliphatic carbocycles. The number of carboxylic acid groups (broad SMARTS) is 1. The van der Waals surface area contributed by atoms with Crippen LogP contribution in [0.15, 0.2) is 10.8 Å². The Morgan fingerprint density at radius 2 is 2.21 bits per heavy atom. The number of carbonyl (C=O) groups is 2. The van der Waals surface area contributed by atoms with E-state index in [1.54, 1.807) is 0 Å². The van der Waals surface area contributed by atoms with Gasteiger partial charge in [0.25, 0.3) is 0 Å².